The van der Waals surface area contributed by atoms with Gasteiger partial charge < -0.3 is 49.8 Å². The smallest absolute Gasteiger partial charge is 0.337 e. The molecule has 4 atom stereocenters. The zero-order valence-corrected chi connectivity index (χ0v) is 48.0. The Morgan fingerprint density at radius 2 is 0.926 bits per heavy atom. The standard InChI is InChI=1S/C30H39N7O3.C22H26N6O3.C9H16O/c1-30(40)21-11-12-22(30)18-36(17-21)27(38)19-10-13-25(31-15-19)33-29-32-16-20-14-24(28(39)35(2)3)37(26(20)34-29)23-8-6-4-5-7-9-23;1-27(2)20(29)17-11-15-13-24-22(25-18-10-9-14(12-23-18)21(30)31)26-19(15)28(17)16-7-5-3-4-6-8-16;1-9(10)7-3-2-4-8(9)6-5-7/h10,13-16,21-23,40H,4-9,11-12,17-18H2,1-3H3,(H,31,32,33,34);9-13,16H,3-8H2,1-2H3,(H,30,31)(H,23,24,25,26);7-8,10H,2-6H2,1H3. The number of likely N-dealkylation sites (tertiary alicyclic amines) is 1. The number of carboxylic acids is 1. The van der Waals surface area contributed by atoms with Crippen LogP contribution in [-0.2, 0) is 0 Å². The number of pyridine rings is 2. The summed E-state index contributed by atoms with van der Waals surface area (Å²) < 4.78 is 4.20. The van der Waals surface area contributed by atoms with Crippen molar-refractivity contribution in [2.45, 2.75) is 159 Å². The van der Waals surface area contributed by atoms with Gasteiger partial charge in [-0.15, -0.1) is 0 Å². The van der Waals surface area contributed by atoms with E-state index in [1.54, 1.807) is 74.8 Å². The third kappa shape index (κ3) is 12.3. The molecule has 20 nitrogen and oxygen atoms in total. The summed E-state index contributed by atoms with van der Waals surface area (Å²) in [4.78, 5) is 82.3. The van der Waals surface area contributed by atoms with Gasteiger partial charge in [0.2, 0.25) is 11.9 Å². The molecule has 1 saturated heterocycles. The fourth-order valence-electron chi connectivity index (χ4n) is 13.7. The van der Waals surface area contributed by atoms with Crippen LogP contribution >= 0.6 is 0 Å². The van der Waals surface area contributed by atoms with Crippen LogP contribution in [0.3, 0.4) is 0 Å². The van der Waals surface area contributed by atoms with Crippen LogP contribution in [0.1, 0.15) is 190 Å². The van der Waals surface area contributed by atoms with Gasteiger partial charge in [0.25, 0.3) is 17.7 Å². The molecule has 4 unspecified atom stereocenters. The van der Waals surface area contributed by atoms with Crippen LogP contribution in [0, 0.1) is 23.7 Å². The number of nitrogens with zero attached hydrogens (tertiary/aromatic N) is 11. The molecule has 12 rings (SSSR count). The number of rotatable bonds is 10. The summed E-state index contributed by atoms with van der Waals surface area (Å²) in [6.45, 7) is 5.10. The highest BCUT2D eigenvalue weighted by Gasteiger charge is 2.51. The fourth-order valence-corrected chi connectivity index (χ4v) is 13.7. The Bertz CT molecular complexity index is 3180. The van der Waals surface area contributed by atoms with Gasteiger partial charge in [0.05, 0.1) is 22.3 Å². The zero-order valence-electron chi connectivity index (χ0n) is 48.0. The number of fused-ring (bicyclic) bond motifs is 6. The maximum Gasteiger partial charge on any atom is 0.337 e. The first-order valence-corrected chi connectivity index (χ1v) is 29.5. The number of piperidine rings is 1. The van der Waals surface area contributed by atoms with Crippen molar-refractivity contribution in [3.63, 3.8) is 0 Å². The Labute approximate surface area is 474 Å². The molecule has 1 aliphatic heterocycles. The van der Waals surface area contributed by atoms with Gasteiger partial charge in [-0.3, -0.25) is 14.4 Å². The lowest BCUT2D eigenvalue weighted by Crippen LogP contribution is -2.53. The molecule has 20 heteroatoms. The zero-order chi connectivity index (χ0) is 57.2. The number of carboxylic acid groups (broad SMARTS) is 1. The van der Waals surface area contributed by atoms with Crippen molar-refractivity contribution in [3.05, 3.63) is 83.7 Å². The number of aromatic nitrogens is 8. The second kappa shape index (κ2) is 24.2. The minimum atomic E-state index is -1.03. The molecule has 5 saturated carbocycles. The lowest BCUT2D eigenvalue weighted by atomic mass is 9.76. The molecule has 81 heavy (non-hydrogen) atoms. The van der Waals surface area contributed by atoms with E-state index in [4.69, 9.17) is 15.1 Å². The van der Waals surface area contributed by atoms with E-state index in [1.165, 1.54) is 70.1 Å². The van der Waals surface area contributed by atoms with Crippen molar-refractivity contribution >= 4 is 69.3 Å². The highest BCUT2D eigenvalue weighted by atomic mass is 16.4. The summed E-state index contributed by atoms with van der Waals surface area (Å²) in [6.07, 6.45) is 28.2. The SMILES string of the molecule is CC1(O)C2CCCC1CC2.CN(C)C(=O)c1cc2cnc(Nc3ccc(C(=O)N4CC5CCC(C4)C5(C)O)cn3)nc2n1C1CCCCCC1.CN(C)C(=O)c1cc2cnc(Nc3ccc(C(=O)O)cn3)nc2n1C1CCCCCC1. The van der Waals surface area contributed by atoms with Crippen molar-refractivity contribution in [2.75, 3.05) is 51.9 Å². The lowest BCUT2D eigenvalue weighted by Gasteiger charge is -2.42. The monoisotopic (exact) mass is 1110 g/mol. The lowest BCUT2D eigenvalue weighted by molar-refractivity contribution is -0.0616. The molecule has 6 aliphatic rings. The number of aliphatic hydroxyl groups is 2. The minimum Gasteiger partial charge on any atom is -0.478 e. The molecule has 6 fully saturated rings. The third-order valence-electron chi connectivity index (χ3n) is 18.6. The molecule has 5 aliphatic carbocycles. The summed E-state index contributed by atoms with van der Waals surface area (Å²) in [7, 11) is 7.05. The van der Waals surface area contributed by atoms with Crippen LogP contribution in [0.5, 0.6) is 0 Å². The average molecular weight is 1110 g/mol. The van der Waals surface area contributed by atoms with Gasteiger partial charge in [0, 0.05) is 101 Å². The molecule has 0 spiro atoms. The molecule has 5 N–H and O–H groups in total. The average Bonchev–Trinajstić information content (AvgIpc) is 4.08. The van der Waals surface area contributed by atoms with Gasteiger partial charge in [-0.1, -0.05) is 57.8 Å². The number of aromatic carboxylic acids is 1. The Hall–Kier alpha value is -7.06. The highest BCUT2D eigenvalue weighted by molar-refractivity contribution is 5.99. The van der Waals surface area contributed by atoms with E-state index in [1.807, 2.05) is 30.9 Å². The maximum absolute atomic E-state index is 13.2. The number of amides is 3. The van der Waals surface area contributed by atoms with E-state index >= 15 is 0 Å². The van der Waals surface area contributed by atoms with E-state index in [-0.39, 0.29) is 52.8 Å². The Balaban J connectivity index is 0.000000158. The number of hydrogen-bond donors (Lipinski definition) is 5. The van der Waals surface area contributed by atoms with Crippen molar-refractivity contribution in [1.82, 2.24) is 53.7 Å². The van der Waals surface area contributed by atoms with Crippen molar-refractivity contribution < 1.29 is 34.5 Å². The third-order valence-corrected chi connectivity index (χ3v) is 18.6. The molecule has 3 amide bonds. The van der Waals surface area contributed by atoms with Crippen molar-refractivity contribution in [2.24, 2.45) is 23.7 Å². The van der Waals surface area contributed by atoms with E-state index < -0.39 is 11.6 Å². The van der Waals surface area contributed by atoms with Gasteiger partial charge in [-0.25, -0.2) is 24.7 Å². The van der Waals surface area contributed by atoms with E-state index in [2.05, 4.69) is 39.7 Å². The summed E-state index contributed by atoms with van der Waals surface area (Å²) in [5.74, 6) is 2.06. The van der Waals surface area contributed by atoms with E-state index in [9.17, 15) is 29.4 Å². The normalized spacial score (nSPS) is 24.7. The summed E-state index contributed by atoms with van der Waals surface area (Å²) in [5.41, 5.74) is 2.40. The first-order valence-electron chi connectivity index (χ1n) is 29.5. The van der Waals surface area contributed by atoms with Gasteiger partial charge in [-0.05, 0) is 126 Å². The first kappa shape index (κ1) is 57.2. The molecular weight excluding hydrogens is 1030 g/mol. The number of nitrogens with one attached hydrogen (secondary N) is 2. The Morgan fingerprint density at radius 3 is 1.31 bits per heavy atom. The van der Waals surface area contributed by atoms with Crippen molar-refractivity contribution in [3.8, 4) is 0 Å². The molecule has 7 heterocycles. The van der Waals surface area contributed by atoms with Crippen LogP contribution in [0.2, 0.25) is 0 Å². The first-order chi connectivity index (χ1) is 38.9. The van der Waals surface area contributed by atoms with Gasteiger partial charge >= 0.3 is 5.97 Å². The highest BCUT2D eigenvalue weighted by Crippen LogP contribution is 2.49. The van der Waals surface area contributed by atoms with Gasteiger partial charge in [-0.2, -0.15) is 9.97 Å². The molecule has 6 aromatic rings. The number of anilines is 4. The van der Waals surface area contributed by atoms with Crippen LogP contribution in [0.15, 0.2) is 61.2 Å². The van der Waals surface area contributed by atoms with Gasteiger partial charge in [0.1, 0.15) is 34.3 Å². The molecular formula is C61H81N13O7. The van der Waals surface area contributed by atoms with Crippen LogP contribution in [0.25, 0.3) is 22.1 Å². The summed E-state index contributed by atoms with van der Waals surface area (Å²) in [6, 6.07) is 10.8. The second-order valence-electron chi connectivity index (χ2n) is 24.4. The molecule has 0 aromatic carbocycles. The summed E-state index contributed by atoms with van der Waals surface area (Å²) in [5, 5.41) is 37.6. The number of carbonyl (C=O) groups excluding carboxylic acids is 3. The molecule has 432 valence electrons. The topological polar surface area (TPSA) is 250 Å². The predicted molar refractivity (Wildman–Crippen MR) is 310 cm³/mol. The largest absolute Gasteiger partial charge is 0.478 e. The van der Waals surface area contributed by atoms with Crippen LogP contribution in [-0.4, -0.2) is 145 Å². The molecule has 0 radical (unpaired) electrons. The molecule has 4 bridgehead atoms. The van der Waals surface area contributed by atoms with Crippen molar-refractivity contribution in [1.29, 1.82) is 0 Å². The fraction of sp³-hybridized carbons (Fsp3) is 0.574. The number of hydrogen-bond acceptors (Lipinski definition) is 14. The number of carbonyl (C=O) groups is 4. The van der Waals surface area contributed by atoms with Gasteiger partial charge in [0.15, 0.2) is 0 Å². The van der Waals surface area contributed by atoms with E-state index in [0.717, 1.165) is 86.3 Å². The predicted octanol–water partition coefficient (Wildman–Crippen LogP) is 10.2. The van der Waals surface area contributed by atoms with E-state index in [0.29, 0.717) is 65.4 Å². The Morgan fingerprint density at radius 1 is 0.519 bits per heavy atom. The van der Waals surface area contributed by atoms with Crippen LogP contribution < -0.4 is 10.6 Å². The summed E-state index contributed by atoms with van der Waals surface area (Å²) >= 11 is 0. The molecule has 6 aromatic heterocycles. The second-order valence-corrected chi connectivity index (χ2v) is 24.4. The minimum absolute atomic E-state index is 0.0380. The van der Waals surface area contributed by atoms with Crippen LogP contribution in [0.4, 0.5) is 23.5 Å². The maximum atomic E-state index is 13.2. The Kier molecular flexibility index (Phi) is 17.1. The quantitative estimate of drug-likeness (QED) is 0.0801.